The Bertz CT molecular complexity index is 651. The first-order valence-electron chi connectivity index (χ1n) is 14.7. The van der Waals surface area contributed by atoms with Gasteiger partial charge in [0.2, 0.25) is 6.29 Å². The van der Waals surface area contributed by atoms with Crippen molar-refractivity contribution < 1.29 is 4.79 Å². The number of rotatable bonds is 10. The number of nitrogens with two attached hydrogens (primary N) is 1. The summed E-state index contributed by atoms with van der Waals surface area (Å²) < 4.78 is 0. The summed E-state index contributed by atoms with van der Waals surface area (Å²) >= 11 is 0. The van der Waals surface area contributed by atoms with Gasteiger partial charge in [0.25, 0.3) is 0 Å². The topological polar surface area (TPSA) is 55.1 Å². The third-order valence-corrected chi connectivity index (χ3v) is 11.7. The van der Waals surface area contributed by atoms with Gasteiger partial charge in [-0.05, 0) is 124 Å². The second-order valence-corrected chi connectivity index (χ2v) is 13.2. The maximum absolute atomic E-state index is 11.5. The van der Waals surface area contributed by atoms with E-state index in [-0.39, 0.29) is 6.04 Å². The molecule has 0 aromatic heterocycles. The van der Waals surface area contributed by atoms with E-state index in [1.807, 2.05) is 0 Å². The molecule has 0 heterocycles. The highest BCUT2D eigenvalue weighted by atomic mass is 16.1. The third-order valence-electron chi connectivity index (χ3n) is 11.7. The molecule has 3 heteroatoms. The summed E-state index contributed by atoms with van der Waals surface area (Å²) in [7, 11) is 0. The van der Waals surface area contributed by atoms with Crippen LogP contribution in [0.3, 0.4) is 0 Å². The van der Waals surface area contributed by atoms with Crippen molar-refractivity contribution in [3.05, 3.63) is 0 Å². The number of hydrogen-bond donors (Lipinski definition) is 2. The van der Waals surface area contributed by atoms with Crippen LogP contribution in [0.1, 0.15) is 118 Å². The average molecular weight is 458 g/mol. The number of carbonyl (C=O) groups excluding carboxylic acids is 1. The quantitative estimate of drug-likeness (QED) is 0.361. The molecule has 0 amide bonds. The molecule has 10 atom stereocenters. The van der Waals surface area contributed by atoms with Crippen molar-refractivity contribution in [1.82, 2.24) is 5.32 Å². The van der Waals surface area contributed by atoms with E-state index >= 15 is 0 Å². The molecule has 4 saturated carbocycles. The fourth-order valence-electron chi connectivity index (χ4n) is 9.99. The lowest BCUT2D eigenvalue weighted by atomic mass is 9.44. The average Bonchev–Trinajstić information content (AvgIpc) is 3.16. The summed E-state index contributed by atoms with van der Waals surface area (Å²) in [5.41, 5.74) is 6.77. The molecule has 1 radical (unpaired) electrons. The van der Waals surface area contributed by atoms with Gasteiger partial charge in [-0.1, -0.05) is 47.0 Å². The SMILES string of the molecule is CCC[C@@H](C)[C@H]1CCC2C3CCC4CC(N[C@H]([C]=O)CCCCN)CC[C@]4(C)C3CC[C@@]21C. The lowest BCUT2D eigenvalue weighted by Gasteiger charge is -2.61. The normalized spacial score (nSPS) is 44.4. The fraction of sp³-hybridized carbons (Fsp3) is 0.967. The summed E-state index contributed by atoms with van der Waals surface area (Å²) in [6, 6.07) is 0.404. The molecule has 4 fully saturated rings. The fourth-order valence-corrected chi connectivity index (χ4v) is 9.99. The van der Waals surface area contributed by atoms with E-state index in [4.69, 9.17) is 5.73 Å². The second kappa shape index (κ2) is 10.7. The van der Waals surface area contributed by atoms with Crippen molar-refractivity contribution >= 4 is 6.29 Å². The van der Waals surface area contributed by atoms with E-state index < -0.39 is 0 Å². The minimum atomic E-state index is -0.0989. The predicted molar refractivity (Wildman–Crippen MR) is 139 cm³/mol. The van der Waals surface area contributed by atoms with Crippen LogP contribution >= 0.6 is 0 Å². The Morgan fingerprint density at radius 1 is 0.970 bits per heavy atom. The van der Waals surface area contributed by atoms with Gasteiger partial charge in [-0.3, -0.25) is 4.79 Å². The summed E-state index contributed by atoms with van der Waals surface area (Å²) in [4.78, 5) is 11.5. The van der Waals surface area contributed by atoms with Crippen LogP contribution in [0.2, 0.25) is 0 Å². The van der Waals surface area contributed by atoms with E-state index in [9.17, 15) is 4.79 Å². The Balaban J connectivity index is 1.40. The summed E-state index contributed by atoms with van der Waals surface area (Å²) in [5, 5.41) is 3.70. The lowest BCUT2D eigenvalue weighted by Crippen LogP contribution is -2.56. The standard InChI is InChI=1S/C30H53N2O/c1-5-8-21(2)26-12-13-27-25-11-10-22-19-23(32-24(20-33)9-6-7-18-31)14-16-29(22,3)28(25)15-17-30(26,27)4/h21-28,32H,5-19,31H2,1-4H3/t21-,22?,23?,24+,25?,26-,27?,28?,29+,30-/m1/s1. The highest BCUT2D eigenvalue weighted by Crippen LogP contribution is 2.68. The Morgan fingerprint density at radius 3 is 2.45 bits per heavy atom. The van der Waals surface area contributed by atoms with Crippen LogP contribution < -0.4 is 11.1 Å². The van der Waals surface area contributed by atoms with Gasteiger partial charge in [-0.15, -0.1) is 0 Å². The van der Waals surface area contributed by atoms with Crippen LogP contribution in [-0.4, -0.2) is 24.9 Å². The minimum Gasteiger partial charge on any atom is -0.330 e. The molecule has 0 aromatic rings. The van der Waals surface area contributed by atoms with Gasteiger partial charge in [0, 0.05) is 6.04 Å². The monoisotopic (exact) mass is 457 g/mol. The molecule has 3 nitrogen and oxygen atoms in total. The number of nitrogens with one attached hydrogen (secondary N) is 1. The second-order valence-electron chi connectivity index (χ2n) is 13.2. The van der Waals surface area contributed by atoms with Gasteiger partial charge in [-0.25, -0.2) is 0 Å². The molecule has 0 saturated heterocycles. The van der Waals surface area contributed by atoms with E-state index in [1.165, 1.54) is 70.6 Å². The zero-order valence-electron chi connectivity index (χ0n) is 22.2. The highest BCUT2D eigenvalue weighted by molar-refractivity contribution is 5.58. The van der Waals surface area contributed by atoms with Gasteiger partial charge >= 0.3 is 0 Å². The van der Waals surface area contributed by atoms with Gasteiger partial charge in [0.1, 0.15) is 0 Å². The maximum atomic E-state index is 11.5. The Hall–Kier alpha value is -0.410. The predicted octanol–water partition coefficient (Wildman–Crippen LogP) is 6.65. The van der Waals surface area contributed by atoms with Crippen LogP contribution in [0.5, 0.6) is 0 Å². The smallest absolute Gasteiger partial charge is 0.216 e. The van der Waals surface area contributed by atoms with Crippen molar-refractivity contribution in [2.24, 2.45) is 52.1 Å². The van der Waals surface area contributed by atoms with Gasteiger partial charge < -0.3 is 11.1 Å². The molecule has 0 aromatic carbocycles. The highest BCUT2D eigenvalue weighted by Gasteiger charge is 2.60. The summed E-state index contributed by atoms with van der Waals surface area (Å²) in [6.45, 7) is 11.0. The number of unbranched alkanes of at least 4 members (excludes halogenated alkanes) is 1. The molecule has 4 aliphatic rings. The molecule has 0 bridgehead atoms. The molecular weight excluding hydrogens is 404 g/mol. The lowest BCUT2D eigenvalue weighted by molar-refractivity contribution is -0.118. The van der Waals surface area contributed by atoms with Crippen molar-refractivity contribution in [2.75, 3.05) is 6.54 Å². The van der Waals surface area contributed by atoms with E-state index in [1.54, 1.807) is 0 Å². The van der Waals surface area contributed by atoms with Crippen LogP contribution in [-0.2, 0) is 4.79 Å². The largest absolute Gasteiger partial charge is 0.330 e. The maximum Gasteiger partial charge on any atom is 0.216 e. The van der Waals surface area contributed by atoms with E-state index in [2.05, 4.69) is 39.3 Å². The molecule has 4 aliphatic carbocycles. The molecular formula is C30H53N2O. The van der Waals surface area contributed by atoms with Gasteiger partial charge in [-0.2, -0.15) is 0 Å². The van der Waals surface area contributed by atoms with Crippen LogP contribution in [0.25, 0.3) is 0 Å². The summed E-state index contributed by atoms with van der Waals surface area (Å²) in [6.07, 6.45) is 20.7. The van der Waals surface area contributed by atoms with Gasteiger partial charge in [0.05, 0.1) is 6.04 Å². The first-order chi connectivity index (χ1) is 15.9. The molecule has 4 rings (SSSR count). The van der Waals surface area contributed by atoms with E-state index in [0.29, 0.717) is 16.9 Å². The van der Waals surface area contributed by atoms with Crippen molar-refractivity contribution in [2.45, 2.75) is 130 Å². The first-order valence-corrected chi connectivity index (χ1v) is 14.7. The number of hydrogen-bond acceptors (Lipinski definition) is 3. The number of fused-ring (bicyclic) bond motifs is 5. The molecule has 0 spiro atoms. The van der Waals surface area contributed by atoms with Crippen LogP contribution in [0.15, 0.2) is 0 Å². The van der Waals surface area contributed by atoms with E-state index in [0.717, 1.165) is 61.3 Å². The van der Waals surface area contributed by atoms with Crippen molar-refractivity contribution in [3.8, 4) is 0 Å². The first kappa shape index (κ1) is 25.7. The molecule has 5 unspecified atom stereocenters. The minimum absolute atomic E-state index is 0.0989. The van der Waals surface area contributed by atoms with Gasteiger partial charge in [0.15, 0.2) is 0 Å². The Kier molecular flexibility index (Phi) is 8.32. The summed E-state index contributed by atoms with van der Waals surface area (Å²) in [5.74, 6) is 5.59. The van der Waals surface area contributed by atoms with Crippen molar-refractivity contribution in [1.29, 1.82) is 0 Å². The van der Waals surface area contributed by atoms with Crippen LogP contribution in [0.4, 0.5) is 0 Å². The Labute approximate surface area is 204 Å². The zero-order chi connectivity index (χ0) is 23.6. The molecule has 33 heavy (non-hydrogen) atoms. The third kappa shape index (κ3) is 4.84. The molecule has 3 N–H and O–H groups in total. The van der Waals surface area contributed by atoms with Crippen molar-refractivity contribution in [3.63, 3.8) is 0 Å². The Morgan fingerprint density at radius 2 is 1.73 bits per heavy atom. The zero-order valence-corrected chi connectivity index (χ0v) is 22.2. The molecule has 0 aliphatic heterocycles. The molecule has 189 valence electrons. The van der Waals surface area contributed by atoms with Crippen LogP contribution in [0, 0.1) is 46.3 Å².